The highest BCUT2D eigenvalue weighted by Crippen LogP contribution is 2.67. The number of aliphatic hydroxyl groups is 1. The van der Waals surface area contributed by atoms with Crippen molar-refractivity contribution < 1.29 is 14.9 Å². The number of rotatable bonds is 2. The van der Waals surface area contributed by atoms with Crippen molar-refractivity contribution in [2.75, 3.05) is 6.54 Å². The highest BCUT2D eigenvalue weighted by molar-refractivity contribution is 5.83. The van der Waals surface area contributed by atoms with Gasteiger partial charge in [0, 0.05) is 30.6 Å². The van der Waals surface area contributed by atoms with Gasteiger partial charge in [-0.3, -0.25) is 4.79 Å². The molecule has 1 aliphatic heterocycles. The summed E-state index contributed by atoms with van der Waals surface area (Å²) in [6.07, 6.45) is 11.1. The van der Waals surface area contributed by atoms with Gasteiger partial charge in [0.1, 0.15) is 12.3 Å². The first-order valence-electron chi connectivity index (χ1n) is 13.0. The van der Waals surface area contributed by atoms with Crippen molar-refractivity contribution in [3.05, 3.63) is 0 Å². The third-order valence-corrected chi connectivity index (χ3v) is 11.2. The molecule has 168 valence electrons. The normalized spacial score (nSPS) is 52.1. The van der Waals surface area contributed by atoms with E-state index < -0.39 is 0 Å². The van der Waals surface area contributed by atoms with Crippen molar-refractivity contribution in [1.82, 2.24) is 0 Å². The Morgan fingerprint density at radius 2 is 1.77 bits per heavy atom. The van der Waals surface area contributed by atoms with Crippen LogP contribution in [0, 0.1) is 52.3 Å². The van der Waals surface area contributed by atoms with Crippen LogP contribution in [0.4, 0.5) is 0 Å². The molecule has 30 heavy (non-hydrogen) atoms. The summed E-state index contributed by atoms with van der Waals surface area (Å²) in [4.78, 5) is 17.1. The molecule has 0 radical (unpaired) electrons. The van der Waals surface area contributed by atoms with Gasteiger partial charge in [-0.15, -0.1) is 0 Å². The lowest BCUT2D eigenvalue weighted by Gasteiger charge is -2.60. The van der Waals surface area contributed by atoms with Crippen molar-refractivity contribution in [2.24, 2.45) is 52.3 Å². The molecule has 10 atom stereocenters. The molecule has 4 fully saturated rings. The SMILES string of the molecule is C[C@@H]1CCC([C@@H](C)[C@@H]2CC[C@H]3[C@@H]4CC(=O)[C@H]5C[C@H](O)CC[C@]5(C)[C@H]4CC[C@@]32C)=[NH+]C1. The lowest BCUT2D eigenvalue weighted by atomic mass is 9.44. The second kappa shape index (κ2) is 7.42. The Bertz CT molecular complexity index is 730. The van der Waals surface area contributed by atoms with Crippen LogP contribution in [0.5, 0.6) is 0 Å². The van der Waals surface area contributed by atoms with Crippen molar-refractivity contribution in [1.29, 1.82) is 0 Å². The minimum Gasteiger partial charge on any atom is -0.393 e. The molecule has 0 aromatic heterocycles. The summed E-state index contributed by atoms with van der Waals surface area (Å²) in [5.41, 5.74) is 2.16. The second-order valence-electron chi connectivity index (χ2n) is 12.6. The molecule has 0 aromatic rings. The van der Waals surface area contributed by atoms with E-state index in [2.05, 4.69) is 32.7 Å². The molecule has 4 aliphatic carbocycles. The third-order valence-electron chi connectivity index (χ3n) is 11.2. The summed E-state index contributed by atoms with van der Waals surface area (Å²) in [5.74, 6) is 4.85. The monoisotopic (exact) mass is 414 g/mol. The fourth-order valence-electron chi connectivity index (χ4n) is 9.41. The number of ketones is 1. The Labute approximate surface area is 183 Å². The smallest absolute Gasteiger partial charge is 0.153 e. The molecule has 0 aromatic carbocycles. The summed E-state index contributed by atoms with van der Waals surface area (Å²) >= 11 is 0. The minimum absolute atomic E-state index is 0.118. The molecular formula is C27H44NO2+. The second-order valence-corrected chi connectivity index (χ2v) is 12.6. The number of carbonyl (C=O) groups is 1. The van der Waals surface area contributed by atoms with Crippen LogP contribution in [-0.4, -0.2) is 29.3 Å². The topological polar surface area (TPSA) is 51.3 Å². The van der Waals surface area contributed by atoms with Crippen LogP contribution in [0.25, 0.3) is 0 Å². The molecule has 3 nitrogen and oxygen atoms in total. The van der Waals surface area contributed by atoms with Gasteiger partial charge in [0.2, 0.25) is 0 Å². The first kappa shape index (κ1) is 21.2. The molecule has 0 unspecified atom stereocenters. The Balaban J connectivity index is 1.39. The molecule has 0 spiro atoms. The van der Waals surface area contributed by atoms with E-state index in [-0.39, 0.29) is 17.4 Å². The molecule has 0 saturated heterocycles. The maximum Gasteiger partial charge on any atom is 0.153 e. The summed E-state index contributed by atoms with van der Waals surface area (Å²) in [5, 5.41) is 10.2. The average Bonchev–Trinajstić information content (AvgIpc) is 3.07. The van der Waals surface area contributed by atoms with Gasteiger partial charge in [-0.1, -0.05) is 27.7 Å². The molecule has 3 heteroatoms. The summed E-state index contributed by atoms with van der Waals surface area (Å²) in [6.45, 7) is 11.0. The predicted molar refractivity (Wildman–Crippen MR) is 120 cm³/mol. The number of carbonyl (C=O) groups excluding carboxylic acids is 1. The van der Waals surface area contributed by atoms with Gasteiger partial charge < -0.3 is 5.11 Å². The van der Waals surface area contributed by atoms with Gasteiger partial charge in [0.15, 0.2) is 5.71 Å². The summed E-state index contributed by atoms with van der Waals surface area (Å²) in [6, 6.07) is 0. The molecule has 2 N–H and O–H groups in total. The number of hydrogen-bond donors (Lipinski definition) is 2. The van der Waals surface area contributed by atoms with Crippen LogP contribution in [-0.2, 0) is 4.79 Å². The van der Waals surface area contributed by atoms with E-state index in [4.69, 9.17) is 0 Å². The van der Waals surface area contributed by atoms with E-state index in [0.29, 0.717) is 29.0 Å². The highest BCUT2D eigenvalue weighted by atomic mass is 16.3. The van der Waals surface area contributed by atoms with E-state index in [1.165, 1.54) is 38.5 Å². The van der Waals surface area contributed by atoms with Crippen LogP contribution in [0.3, 0.4) is 0 Å². The average molecular weight is 415 g/mol. The molecule has 0 amide bonds. The van der Waals surface area contributed by atoms with Gasteiger partial charge in [0.05, 0.1) is 6.10 Å². The van der Waals surface area contributed by atoms with Crippen molar-refractivity contribution in [2.45, 2.75) is 98.0 Å². The van der Waals surface area contributed by atoms with Gasteiger partial charge in [-0.05, 0) is 85.9 Å². The lowest BCUT2D eigenvalue weighted by Crippen LogP contribution is -2.78. The Morgan fingerprint density at radius 1 is 1.03 bits per heavy atom. The Morgan fingerprint density at radius 3 is 2.50 bits per heavy atom. The van der Waals surface area contributed by atoms with Gasteiger partial charge in [-0.25, -0.2) is 4.99 Å². The number of hydrogen-bond acceptors (Lipinski definition) is 2. The quantitative estimate of drug-likeness (QED) is 0.723. The molecule has 0 bridgehead atoms. The molecule has 1 heterocycles. The minimum atomic E-state index is -0.253. The van der Waals surface area contributed by atoms with Crippen LogP contribution in [0.15, 0.2) is 0 Å². The van der Waals surface area contributed by atoms with E-state index in [9.17, 15) is 9.90 Å². The van der Waals surface area contributed by atoms with E-state index in [1.54, 1.807) is 5.71 Å². The molecule has 5 rings (SSSR count). The lowest BCUT2D eigenvalue weighted by molar-refractivity contribution is -0.475. The fraction of sp³-hybridized carbons (Fsp3) is 0.926. The van der Waals surface area contributed by atoms with Crippen LogP contribution < -0.4 is 4.99 Å². The number of Topliss-reactive ketones (excluding diaryl/α,β-unsaturated/α-hetero) is 1. The van der Waals surface area contributed by atoms with Crippen LogP contribution >= 0.6 is 0 Å². The third kappa shape index (κ3) is 3.08. The van der Waals surface area contributed by atoms with Gasteiger partial charge in [-0.2, -0.15) is 0 Å². The van der Waals surface area contributed by atoms with E-state index in [0.717, 1.165) is 50.0 Å². The van der Waals surface area contributed by atoms with Crippen LogP contribution in [0.2, 0.25) is 0 Å². The fourth-order valence-corrected chi connectivity index (χ4v) is 9.41. The maximum absolute atomic E-state index is 13.3. The zero-order valence-electron chi connectivity index (χ0n) is 19.8. The number of aliphatic hydroxyl groups excluding tert-OH is 1. The largest absolute Gasteiger partial charge is 0.393 e. The molecular weight excluding hydrogens is 370 g/mol. The zero-order valence-corrected chi connectivity index (χ0v) is 19.8. The van der Waals surface area contributed by atoms with Crippen molar-refractivity contribution in [3.8, 4) is 0 Å². The number of fused-ring (bicyclic) bond motifs is 5. The predicted octanol–water partition coefficient (Wildman–Crippen LogP) is 3.77. The van der Waals surface area contributed by atoms with E-state index in [1.807, 2.05) is 0 Å². The van der Waals surface area contributed by atoms with Crippen molar-refractivity contribution in [3.63, 3.8) is 0 Å². The zero-order chi connectivity index (χ0) is 21.3. The summed E-state index contributed by atoms with van der Waals surface area (Å²) in [7, 11) is 0. The van der Waals surface area contributed by atoms with Gasteiger partial charge in [0.25, 0.3) is 0 Å². The maximum atomic E-state index is 13.3. The molecule has 4 saturated carbocycles. The van der Waals surface area contributed by atoms with Crippen molar-refractivity contribution >= 4 is 11.5 Å². The summed E-state index contributed by atoms with van der Waals surface area (Å²) < 4.78 is 0. The molecule has 5 aliphatic rings. The van der Waals surface area contributed by atoms with E-state index >= 15 is 0 Å². The van der Waals surface area contributed by atoms with Gasteiger partial charge >= 0.3 is 0 Å². The Kier molecular flexibility index (Phi) is 5.24. The number of nitrogens with one attached hydrogen (secondary N) is 1. The van der Waals surface area contributed by atoms with Crippen LogP contribution in [0.1, 0.15) is 91.9 Å². The Hall–Kier alpha value is -0.700. The standard InChI is InChI=1S/C27H43NO2/c1-16-5-8-24(28-15-16)17(2)20-6-7-21-19-14-25(30)23-13-18(29)9-11-27(23,4)22(19)10-12-26(20,21)3/h16-23,29H,5-15H2,1-4H3/p+1/t16-,17+,18-,19+,20+,21+,22+,23-,26-,27-/m1/s1. The first-order chi connectivity index (χ1) is 14.2. The first-order valence-corrected chi connectivity index (χ1v) is 13.0. The highest BCUT2D eigenvalue weighted by Gasteiger charge is 2.62.